The van der Waals surface area contributed by atoms with Gasteiger partial charge in [0.2, 0.25) is 5.91 Å². The summed E-state index contributed by atoms with van der Waals surface area (Å²) in [7, 11) is 5.51. The number of amides is 1. The van der Waals surface area contributed by atoms with Gasteiger partial charge in [0.05, 0.1) is 26.4 Å². The van der Waals surface area contributed by atoms with Crippen LogP contribution in [0, 0.1) is 0 Å². The molecule has 13 nitrogen and oxygen atoms in total. The third kappa shape index (κ3) is 16.2. The number of primary amides is 1. The van der Waals surface area contributed by atoms with Crippen LogP contribution in [-0.4, -0.2) is 83.9 Å². The summed E-state index contributed by atoms with van der Waals surface area (Å²) in [4.78, 5) is 26.9. The quantitative estimate of drug-likeness (QED) is 0.158. The summed E-state index contributed by atoms with van der Waals surface area (Å²) in [5.41, 5.74) is 19.0. The van der Waals surface area contributed by atoms with Crippen LogP contribution in [0.1, 0.15) is 43.1 Å². The average molecular weight is 705 g/mol. The highest BCUT2D eigenvalue weighted by Gasteiger charge is 2.16. The van der Waals surface area contributed by atoms with Crippen molar-refractivity contribution in [2.75, 3.05) is 47.5 Å². The largest absolute Gasteiger partial charge is 0.497 e. The zero-order valence-corrected chi connectivity index (χ0v) is 30.7. The molecule has 2 aromatic rings. The van der Waals surface area contributed by atoms with Gasteiger partial charge >= 0.3 is 5.69 Å². The van der Waals surface area contributed by atoms with Crippen LogP contribution in [0.4, 0.5) is 0 Å². The van der Waals surface area contributed by atoms with Crippen molar-refractivity contribution < 1.29 is 19.0 Å². The molecule has 0 radical (unpaired) electrons. The first-order valence-corrected chi connectivity index (χ1v) is 16.4. The molecule has 0 spiro atoms. The highest BCUT2D eigenvalue weighted by molar-refractivity contribution is 5.92. The summed E-state index contributed by atoms with van der Waals surface area (Å²) in [5, 5.41) is 4.17. The lowest BCUT2D eigenvalue weighted by Gasteiger charge is -2.25. The lowest BCUT2D eigenvalue weighted by Crippen LogP contribution is -2.29. The Labute approximate surface area is 302 Å². The van der Waals surface area contributed by atoms with Crippen LogP contribution in [-0.2, 0) is 14.2 Å². The van der Waals surface area contributed by atoms with Crippen molar-refractivity contribution in [1.29, 1.82) is 0 Å². The van der Waals surface area contributed by atoms with Crippen LogP contribution >= 0.6 is 0 Å². The summed E-state index contributed by atoms with van der Waals surface area (Å²) in [6.45, 7) is 22.7. The van der Waals surface area contributed by atoms with Gasteiger partial charge in [-0.3, -0.25) is 9.36 Å². The van der Waals surface area contributed by atoms with Gasteiger partial charge in [-0.15, -0.1) is 0 Å². The van der Waals surface area contributed by atoms with E-state index in [4.69, 9.17) is 31.4 Å². The Morgan fingerprint density at radius 3 is 2.04 bits per heavy atom. The molecule has 1 aliphatic rings. The molecule has 1 atom stereocenters. The Kier molecular flexibility index (Phi) is 20.3. The van der Waals surface area contributed by atoms with E-state index < -0.39 is 0 Å². The summed E-state index contributed by atoms with van der Waals surface area (Å²) >= 11 is 0. The van der Waals surface area contributed by atoms with Gasteiger partial charge in [0.25, 0.3) is 0 Å². The molecule has 0 bridgehead atoms. The van der Waals surface area contributed by atoms with Crippen molar-refractivity contribution in [1.82, 2.24) is 24.1 Å². The fraction of sp³-hybridized carbons (Fsp3) is 0.342. The number of hydrogen-bond donors (Lipinski definition) is 3. The monoisotopic (exact) mass is 704 g/mol. The number of likely N-dealkylation sites (N-methyl/N-ethyl adjacent to an activating group) is 2. The zero-order valence-electron chi connectivity index (χ0n) is 30.7. The molecule has 6 N–H and O–H groups in total. The second kappa shape index (κ2) is 23.8. The first-order valence-electron chi connectivity index (χ1n) is 16.4. The number of allylic oxidation sites excluding steroid dienone is 6. The number of aromatic nitrogens is 3. The molecule has 1 unspecified atom stereocenters. The highest BCUT2D eigenvalue weighted by atomic mass is 16.7. The first kappa shape index (κ1) is 43.5. The molecule has 2 heterocycles. The van der Waals surface area contributed by atoms with Crippen LogP contribution in [0.5, 0.6) is 0 Å². The average Bonchev–Trinajstić information content (AvgIpc) is 3.81. The molecule has 1 amide bonds. The fourth-order valence-electron chi connectivity index (χ4n) is 4.00. The van der Waals surface area contributed by atoms with E-state index in [1.165, 1.54) is 28.0 Å². The van der Waals surface area contributed by atoms with E-state index >= 15 is 0 Å². The second-order valence-electron chi connectivity index (χ2n) is 11.3. The highest BCUT2D eigenvalue weighted by Crippen LogP contribution is 2.14. The van der Waals surface area contributed by atoms with Gasteiger partial charge in [0.1, 0.15) is 12.1 Å². The number of hydrogen-bond acceptors (Lipinski definition) is 10. The predicted molar refractivity (Wildman–Crippen MR) is 206 cm³/mol. The van der Waals surface area contributed by atoms with E-state index in [1.807, 2.05) is 56.0 Å². The standard InChI is InChI=1S/C23H35N5O2.C8H14N2O2.C7H7NO/c1-10-18(2)28-23(29)27(17-24-28)21(5)12-11-19(3)25(7)15-16-26(8)20(4)13-14-22(6)30-9;9-2-1-7(6-10)5-8-11-3-4-12-8;8-7(9)6-4-2-1-3-5-6/h11-14,17-18H,3-6,10,15-16H2,1-2,7-9H3;1-2,6,8H,3-5,9-10H2;1-5H,(H2,8,9)/b12-11-,14-13-;2-1-,7-6+;. The lowest BCUT2D eigenvalue weighted by atomic mass is 10.2. The second-order valence-corrected chi connectivity index (χ2v) is 11.3. The Morgan fingerprint density at radius 2 is 1.57 bits per heavy atom. The van der Waals surface area contributed by atoms with Gasteiger partial charge in [-0.25, -0.2) is 9.48 Å². The fourth-order valence-corrected chi connectivity index (χ4v) is 4.00. The van der Waals surface area contributed by atoms with E-state index in [0.717, 1.165) is 36.5 Å². The first-order chi connectivity index (χ1) is 24.3. The van der Waals surface area contributed by atoms with Crippen molar-refractivity contribution in [3.63, 3.8) is 0 Å². The van der Waals surface area contributed by atoms with Gasteiger partial charge in [-0.05, 0) is 73.8 Å². The molecule has 51 heavy (non-hydrogen) atoms. The topological polar surface area (TPSA) is 169 Å². The van der Waals surface area contributed by atoms with Crippen molar-refractivity contribution >= 4 is 11.6 Å². The Balaban J connectivity index is 0.000000497. The molecule has 1 aromatic heterocycles. The Morgan fingerprint density at radius 1 is 1.00 bits per heavy atom. The van der Waals surface area contributed by atoms with Crippen LogP contribution < -0.4 is 22.9 Å². The van der Waals surface area contributed by atoms with Gasteiger partial charge in [-0.2, -0.15) is 5.10 Å². The zero-order chi connectivity index (χ0) is 38.3. The maximum absolute atomic E-state index is 12.4. The molecular weight excluding hydrogens is 648 g/mol. The number of benzene rings is 1. The number of nitrogens with zero attached hydrogens (tertiary/aromatic N) is 5. The number of methoxy groups -OCH3 is 1. The number of carbonyl (C=O) groups excluding carboxylic acids is 1. The van der Waals surface area contributed by atoms with Crippen LogP contribution in [0.15, 0.2) is 133 Å². The van der Waals surface area contributed by atoms with Crippen LogP contribution in [0.25, 0.3) is 5.70 Å². The maximum Gasteiger partial charge on any atom is 0.350 e. The number of ether oxygens (including phenoxy) is 3. The van der Waals surface area contributed by atoms with E-state index in [2.05, 4.69) is 31.4 Å². The SMILES string of the molecule is C=C(/C=C\C(=C)N(C)CCN(C)C(=C)/C=C\C(=C)n1cnn(C(C)CC)c1=O)OC.N/C=C\C(=C/N)CC1OCCO1.NC(=O)c1ccccc1. The molecule has 1 fully saturated rings. The number of carbonyl (C=O) groups is 1. The molecule has 3 rings (SSSR count). The van der Waals surface area contributed by atoms with E-state index in [0.29, 0.717) is 36.7 Å². The lowest BCUT2D eigenvalue weighted by molar-refractivity contribution is -0.0394. The van der Waals surface area contributed by atoms with Gasteiger partial charge in [0, 0.05) is 56.3 Å². The van der Waals surface area contributed by atoms with E-state index in [9.17, 15) is 9.59 Å². The summed E-state index contributed by atoms with van der Waals surface area (Å²) in [5.74, 6) is 0.199. The molecule has 1 aromatic carbocycles. The molecular formula is C38H56N8O5. The van der Waals surface area contributed by atoms with Crippen LogP contribution in [0.2, 0.25) is 0 Å². The van der Waals surface area contributed by atoms with Gasteiger partial charge < -0.3 is 41.2 Å². The molecule has 278 valence electrons. The van der Waals surface area contributed by atoms with Crippen molar-refractivity contribution in [2.45, 2.75) is 39.0 Å². The summed E-state index contributed by atoms with van der Waals surface area (Å²) < 4.78 is 18.4. The Hall–Kier alpha value is -5.53. The minimum absolute atomic E-state index is 0.0470. The summed E-state index contributed by atoms with van der Waals surface area (Å²) in [6.07, 6.45) is 14.8. The third-order valence-corrected chi connectivity index (χ3v) is 7.63. The molecule has 0 saturated carbocycles. The van der Waals surface area contributed by atoms with Gasteiger partial charge in [-0.1, -0.05) is 51.4 Å². The maximum atomic E-state index is 12.4. The Bertz CT molecular complexity index is 1600. The normalized spacial score (nSPS) is 13.6. The number of rotatable bonds is 17. The minimum atomic E-state index is -0.379. The smallest absolute Gasteiger partial charge is 0.350 e. The molecule has 1 saturated heterocycles. The summed E-state index contributed by atoms with van der Waals surface area (Å²) in [6, 6.07) is 8.81. The van der Waals surface area contributed by atoms with Crippen molar-refractivity contribution in [3.05, 3.63) is 145 Å². The van der Waals surface area contributed by atoms with Crippen molar-refractivity contribution in [2.24, 2.45) is 17.2 Å². The number of nitrogens with two attached hydrogens (primary N) is 3. The predicted octanol–water partition coefficient (Wildman–Crippen LogP) is 4.50. The minimum Gasteiger partial charge on any atom is -0.497 e. The van der Waals surface area contributed by atoms with E-state index in [1.54, 1.807) is 49.6 Å². The van der Waals surface area contributed by atoms with Gasteiger partial charge in [0.15, 0.2) is 6.29 Å². The van der Waals surface area contributed by atoms with Crippen LogP contribution in [0.3, 0.4) is 0 Å². The molecule has 13 heteroatoms. The molecule has 0 aliphatic carbocycles. The van der Waals surface area contributed by atoms with Crippen molar-refractivity contribution in [3.8, 4) is 0 Å². The third-order valence-electron chi connectivity index (χ3n) is 7.63. The van der Waals surface area contributed by atoms with E-state index in [-0.39, 0.29) is 23.9 Å². The molecule has 1 aliphatic heterocycles.